The molecule has 0 aromatic heterocycles. The quantitative estimate of drug-likeness (QED) is 0.239. The molecule has 0 spiro atoms. The van der Waals surface area contributed by atoms with Gasteiger partial charge in [-0.3, -0.25) is 0 Å². The predicted octanol–water partition coefficient (Wildman–Crippen LogP) is 4.81. The van der Waals surface area contributed by atoms with E-state index in [4.69, 9.17) is 8.85 Å². The molecule has 0 aromatic carbocycles. The molecule has 0 aromatic rings. The molecule has 7 heteroatoms. The van der Waals surface area contributed by atoms with Crippen LogP contribution in [-0.4, -0.2) is 28.8 Å². The van der Waals surface area contributed by atoms with E-state index < -0.39 is 16.6 Å². The van der Waals surface area contributed by atoms with Crippen LogP contribution in [-0.2, 0) is 35.1 Å². The molecular formula is C34H58Cl2O2Si2Zr. The van der Waals surface area contributed by atoms with Crippen LogP contribution in [0, 0.1) is 12.2 Å². The standard InChI is InChI=1S/2C17H29OSi.2ClH.Zr/c2*1-6-13-17(2,3)19(4,5)18-16-12-11-14-9-7-8-10-15(14)16;;;/h2*11,16H,6-10,13H2,1-5H3;2*1H;/q2*-1;;;+4/p-2/t2*16-;;;/m10.../s1. The fourth-order valence-corrected chi connectivity index (χ4v) is 10.3. The van der Waals surface area contributed by atoms with Gasteiger partial charge in [-0.1, -0.05) is 92.9 Å². The fraction of sp³-hybridized carbons (Fsp3) is 0.765. The van der Waals surface area contributed by atoms with E-state index in [1.807, 2.05) is 0 Å². The van der Waals surface area contributed by atoms with Gasteiger partial charge >= 0.3 is 26.2 Å². The smallest absolute Gasteiger partial charge is 1.00 e. The summed E-state index contributed by atoms with van der Waals surface area (Å²) in [5.74, 6) is 0. The van der Waals surface area contributed by atoms with Crippen LogP contribution in [0.3, 0.4) is 0 Å². The molecule has 0 heterocycles. The van der Waals surface area contributed by atoms with E-state index in [0.717, 1.165) is 0 Å². The Morgan fingerprint density at radius 3 is 1.29 bits per heavy atom. The third-order valence-electron chi connectivity index (χ3n) is 10.4. The molecule has 0 fully saturated rings. The van der Waals surface area contributed by atoms with E-state index in [9.17, 15) is 0 Å². The van der Waals surface area contributed by atoms with Crippen molar-refractivity contribution in [2.24, 2.45) is 0 Å². The van der Waals surface area contributed by atoms with Crippen LogP contribution in [0.4, 0.5) is 0 Å². The van der Waals surface area contributed by atoms with Crippen LogP contribution in [0.2, 0.25) is 36.3 Å². The second-order valence-corrected chi connectivity index (χ2v) is 23.6. The van der Waals surface area contributed by atoms with E-state index >= 15 is 0 Å². The van der Waals surface area contributed by atoms with Gasteiger partial charge in [0.25, 0.3) is 0 Å². The molecule has 4 aliphatic rings. The SMILES string of the molecule is CCCC(C)(C)[Si](C)(C)O[C@@H]1[C-]=CC2=C1CCCC2.CCCC(C)(C)[Si](C)(C)O[C@H]1[C-]=CC2=C1CCCC2.[Cl-].[Cl-].[Zr+4]. The summed E-state index contributed by atoms with van der Waals surface area (Å²) in [4.78, 5) is 0. The van der Waals surface area contributed by atoms with Crippen molar-refractivity contribution in [2.45, 2.75) is 167 Å². The second kappa shape index (κ2) is 17.5. The van der Waals surface area contributed by atoms with E-state index in [1.165, 1.54) is 88.2 Å². The molecule has 41 heavy (non-hydrogen) atoms. The maximum atomic E-state index is 6.62. The van der Waals surface area contributed by atoms with Crippen LogP contribution >= 0.6 is 0 Å². The summed E-state index contributed by atoms with van der Waals surface area (Å²) in [7, 11) is -3.42. The molecule has 2 atom stereocenters. The minimum Gasteiger partial charge on any atom is -1.00 e. The van der Waals surface area contributed by atoms with Crippen LogP contribution < -0.4 is 24.8 Å². The number of rotatable bonds is 10. The van der Waals surface area contributed by atoms with Crippen molar-refractivity contribution < 1.29 is 59.9 Å². The summed E-state index contributed by atoms with van der Waals surface area (Å²) < 4.78 is 13.2. The minimum atomic E-state index is -1.71. The zero-order valence-electron chi connectivity index (χ0n) is 27.9. The van der Waals surface area contributed by atoms with Crippen molar-refractivity contribution in [3.8, 4) is 0 Å². The molecule has 0 bridgehead atoms. The number of hydrogen-bond donors (Lipinski definition) is 0. The minimum absolute atomic E-state index is 0. The molecule has 4 rings (SSSR count). The zero-order valence-corrected chi connectivity index (χ0v) is 33.8. The molecule has 0 unspecified atom stereocenters. The molecule has 2 nitrogen and oxygen atoms in total. The van der Waals surface area contributed by atoms with Gasteiger partial charge in [-0.05, 0) is 74.2 Å². The summed E-state index contributed by atoms with van der Waals surface area (Å²) in [5, 5.41) is 0.669. The zero-order chi connectivity index (χ0) is 28.2. The molecule has 0 N–H and O–H groups in total. The average molecular weight is 717 g/mol. The van der Waals surface area contributed by atoms with Crippen molar-refractivity contribution in [3.63, 3.8) is 0 Å². The van der Waals surface area contributed by atoms with Crippen LogP contribution in [0.15, 0.2) is 34.4 Å². The predicted molar refractivity (Wildman–Crippen MR) is 169 cm³/mol. The van der Waals surface area contributed by atoms with Gasteiger partial charge in [-0.25, -0.2) is 24.3 Å². The fourth-order valence-electron chi connectivity index (χ4n) is 6.36. The molecule has 232 valence electrons. The molecular weight excluding hydrogens is 659 g/mol. The first-order valence-corrected chi connectivity index (χ1v) is 21.5. The van der Waals surface area contributed by atoms with Gasteiger partial charge < -0.3 is 33.7 Å². The first-order chi connectivity index (χ1) is 17.7. The van der Waals surface area contributed by atoms with Gasteiger partial charge in [0.2, 0.25) is 0 Å². The van der Waals surface area contributed by atoms with E-state index in [1.54, 1.807) is 11.1 Å². The Morgan fingerprint density at radius 1 is 0.659 bits per heavy atom. The van der Waals surface area contributed by atoms with Gasteiger partial charge in [0.15, 0.2) is 16.6 Å². The van der Waals surface area contributed by atoms with Crippen LogP contribution in [0.25, 0.3) is 0 Å². The topological polar surface area (TPSA) is 18.5 Å². The van der Waals surface area contributed by atoms with Crippen molar-refractivity contribution in [1.29, 1.82) is 0 Å². The number of allylic oxidation sites excluding steroid dienone is 4. The normalized spacial score (nSPS) is 22.2. The van der Waals surface area contributed by atoms with Crippen molar-refractivity contribution >= 4 is 16.6 Å². The Kier molecular flexibility index (Phi) is 17.8. The van der Waals surface area contributed by atoms with Crippen LogP contribution in [0.1, 0.15) is 119 Å². The Balaban J connectivity index is 0.000000727. The molecule has 0 saturated heterocycles. The van der Waals surface area contributed by atoms with E-state index in [2.05, 4.69) is 92.0 Å². The third kappa shape index (κ3) is 10.4. The van der Waals surface area contributed by atoms with Gasteiger partial charge in [-0.2, -0.15) is 11.1 Å². The molecule has 0 aliphatic heterocycles. The summed E-state index contributed by atoms with van der Waals surface area (Å²) >= 11 is 0. The monoisotopic (exact) mass is 714 g/mol. The van der Waals surface area contributed by atoms with Gasteiger partial charge in [-0.15, -0.1) is 11.1 Å². The van der Waals surface area contributed by atoms with Crippen molar-refractivity contribution in [2.75, 3.05) is 0 Å². The second-order valence-electron chi connectivity index (χ2n) is 14.4. The summed E-state index contributed by atoms with van der Waals surface area (Å²) in [5.41, 5.74) is 6.13. The maximum absolute atomic E-state index is 6.62. The number of hydrogen-bond acceptors (Lipinski definition) is 2. The van der Waals surface area contributed by atoms with Gasteiger partial charge in [0, 0.05) is 0 Å². The Bertz CT molecular complexity index is 874. The van der Waals surface area contributed by atoms with Crippen molar-refractivity contribution in [1.82, 2.24) is 0 Å². The molecule has 0 amide bonds. The van der Waals surface area contributed by atoms with Gasteiger partial charge in [0.05, 0.1) is 0 Å². The Hall–Kier alpha value is 0.777. The first kappa shape index (κ1) is 41.8. The van der Waals surface area contributed by atoms with Gasteiger partial charge in [0.1, 0.15) is 0 Å². The summed E-state index contributed by atoms with van der Waals surface area (Å²) in [6.07, 6.45) is 27.0. The Labute approximate surface area is 288 Å². The molecule has 0 radical (unpaired) electrons. The first-order valence-electron chi connectivity index (χ1n) is 15.7. The molecule has 4 aliphatic carbocycles. The maximum Gasteiger partial charge on any atom is 4.00 e. The average Bonchev–Trinajstić information content (AvgIpc) is 3.43. The number of halogens is 2. The van der Waals surface area contributed by atoms with Crippen molar-refractivity contribution in [3.05, 3.63) is 46.6 Å². The van der Waals surface area contributed by atoms with E-state index in [0.29, 0.717) is 10.1 Å². The largest absolute Gasteiger partial charge is 4.00 e. The van der Waals surface area contributed by atoms with E-state index in [-0.39, 0.29) is 63.2 Å². The third-order valence-corrected chi connectivity index (χ3v) is 19.1. The molecule has 0 saturated carbocycles. The summed E-state index contributed by atoms with van der Waals surface area (Å²) in [6.45, 7) is 23.6. The summed E-state index contributed by atoms with van der Waals surface area (Å²) in [6, 6.07) is 0. The Morgan fingerprint density at radius 2 is 0.976 bits per heavy atom. The van der Waals surface area contributed by atoms with Crippen LogP contribution in [0.5, 0.6) is 0 Å².